The highest BCUT2D eigenvalue weighted by Gasteiger charge is 2.18. The van der Waals surface area contributed by atoms with Crippen LogP contribution in [0.15, 0.2) is 17.5 Å². The van der Waals surface area contributed by atoms with E-state index in [2.05, 4.69) is 13.8 Å². The summed E-state index contributed by atoms with van der Waals surface area (Å²) in [5, 5.41) is 2.00. The zero-order chi connectivity index (χ0) is 11.3. The largest absolute Gasteiger partial charge is 0.330 e. The van der Waals surface area contributed by atoms with Gasteiger partial charge >= 0.3 is 0 Å². The van der Waals surface area contributed by atoms with Gasteiger partial charge in [-0.2, -0.15) is 0 Å². The third-order valence-corrected chi connectivity index (χ3v) is 3.30. The van der Waals surface area contributed by atoms with Crippen LogP contribution in [0.4, 0.5) is 0 Å². The molecule has 0 amide bonds. The van der Waals surface area contributed by atoms with E-state index in [0.717, 1.165) is 11.3 Å². The highest BCUT2D eigenvalue weighted by atomic mass is 32.1. The number of carbonyl (C=O) groups excluding carboxylic acids is 1. The van der Waals surface area contributed by atoms with E-state index >= 15 is 0 Å². The van der Waals surface area contributed by atoms with Gasteiger partial charge < -0.3 is 5.73 Å². The second kappa shape index (κ2) is 6.03. The highest BCUT2D eigenvalue weighted by molar-refractivity contribution is 7.10. The van der Waals surface area contributed by atoms with Crippen LogP contribution in [0.5, 0.6) is 0 Å². The van der Waals surface area contributed by atoms with Gasteiger partial charge in [0.05, 0.1) is 0 Å². The molecule has 0 aliphatic heterocycles. The molecule has 0 radical (unpaired) electrons. The zero-order valence-corrected chi connectivity index (χ0v) is 10.2. The molecule has 0 bridgehead atoms. The maximum absolute atomic E-state index is 11.9. The van der Waals surface area contributed by atoms with E-state index in [1.54, 1.807) is 11.3 Å². The molecular weight excluding hydrogens is 206 g/mol. The third kappa shape index (κ3) is 4.14. The van der Waals surface area contributed by atoms with Crippen LogP contribution in [0.3, 0.4) is 0 Å². The van der Waals surface area contributed by atoms with E-state index in [4.69, 9.17) is 5.73 Å². The molecule has 2 N–H and O–H groups in total. The van der Waals surface area contributed by atoms with Crippen LogP contribution in [0.1, 0.15) is 25.1 Å². The lowest BCUT2D eigenvalue weighted by atomic mass is 9.91. The molecule has 1 aromatic heterocycles. The SMILES string of the molecule is CC(C)CC(CN)C(=O)Cc1cccs1. The number of rotatable bonds is 6. The lowest BCUT2D eigenvalue weighted by Crippen LogP contribution is -2.26. The Morgan fingerprint density at radius 1 is 1.53 bits per heavy atom. The van der Waals surface area contributed by atoms with Crippen molar-refractivity contribution < 1.29 is 4.79 Å². The molecule has 0 aliphatic rings. The minimum absolute atomic E-state index is 0.0344. The first kappa shape index (κ1) is 12.4. The lowest BCUT2D eigenvalue weighted by Gasteiger charge is -2.15. The van der Waals surface area contributed by atoms with Crippen molar-refractivity contribution in [1.29, 1.82) is 0 Å². The fourth-order valence-electron chi connectivity index (χ4n) is 1.66. The molecule has 0 spiro atoms. The molecule has 0 saturated heterocycles. The van der Waals surface area contributed by atoms with Crippen LogP contribution < -0.4 is 5.73 Å². The summed E-state index contributed by atoms with van der Waals surface area (Å²) in [7, 11) is 0. The number of hydrogen-bond acceptors (Lipinski definition) is 3. The first-order valence-corrected chi connectivity index (χ1v) is 6.26. The number of nitrogens with two attached hydrogens (primary N) is 1. The Bertz CT molecular complexity index is 293. The summed E-state index contributed by atoms with van der Waals surface area (Å²) in [5.74, 6) is 0.853. The van der Waals surface area contributed by atoms with Crippen molar-refractivity contribution >= 4 is 17.1 Å². The second-order valence-electron chi connectivity index (χ2n) is 4.28. The van der Waals surface area contributed by atoms with Gasteiger partial charge in [-0.05, 0) is 23.8 Å². The van der Waals surface area contributed by atoms with E-state index in [1.807, 2.05) is 17.5 Å². The minimum atomic E-state index is 0.0344. The normalized spacial score (nSPS) is 13.1. The topological polar surface area (TPSA) is 43.1 Å². The number of hydrogen-bond donors (Lipinski definition) is 1. The molecule has 1 aromatic rings. The van der Waals surface area contributed by atoms with Crippen LogP contribution >= 0.6 is 11.3 Å². The predicted molar refractivity (Wildman–Crippen MR) is 65.0 cm³/mol. The number of ketones is 1. The van der Waals surface area contributed by atoms with Crippen LogP contribution in [0, 0.1) is 11.8 Å². The van der Waals surface area contributed by atoms with Crippen LogP contribution in [-0.4, -0.2) is 12.3 Å². The smallest absolute Gasteiger partial charge is 0.142 e. The quantitative estimate of drug-likeness (QED) is 0.808. The number of Topliss-reactive ketones (excluding diaryl/α,β-unsaturated/α-hetero) is 1. The number of carbonyl (C=O) groups is 1. The van der Waals surface area contributed by atoms with E-state index in [1.165, 1.54) is 0 Å². The lowest BCUT2D eigenvalue weighted by molar-refractivity contribution is -0.122. The van der Waals surface area contributed by atoms with Crippen molar-refractivity contribution in [2.45, 2.75) is 26.7 Å². The molecule has 0 fully saturated rings. The predicted octanol–water partition coefficient (Wildman–Crippen LogP) is 2.48. The molecule has 0 aromatic carbocycles. The number of thiophene rings is 1. The average Bonchev–Trinajstić information content (AvgIpc) is 2.66. The molecule has 1 rings (SSSR count). The van der Waals surface area contributed by atoms with Crippen molar-refractivity contribution in [3.63, 3.8) is 0 Å². The summed E-state index contributed by atoms with van der Waals surface area (Å²) in [5.41, 5.74) is 5.63. The van der Waals surface area contributed by atoms with E-state index in [0.29, 0.717) is 18.9 Å². The molecule has 1 heterocycles. The van der Waals surface area contributed by atoms with Crippen molar-refractivity contribution in [3.05, 3.63) is 22.4 Å². The first-order chi connectivity index (χ1) is 7.13. The van der Waals surface area contributed by atoms with Gasteiger partial charge in [-0.3, -0.25) is 4.79 Å². The molecular formula is C12H19NOS. The first-order valence-electron chi connectivity index (χ1n) is 5.38. The molecule has 84 valence electrons. The Kier molecular flexibility index (Phi) is 4.99. The van der Waals surface area contributed by atoms with Gasteiger partial charge in [-0.15, -0.1) is 11.3 Å². The van der Waals surface area contributed by atoms with Crippen LogP contribution in [0.25, 0.3) is 0 Å². The summed E-state index contributed by atoms with van der Waals surface area (Å²) < 4.78 is 0. The summed E-state index contributed by atoms with van der Waals surface area (Å²) in [6.07, 6.45) is 1.45. The van der Waals surface area contributed by atoms with Crippen molar-refractivity contribution in [1.82, 2.24) is 0 Å². The molecule has 0 aliphatic carbocycles. The fourth-order valence-corrected chi connectivity index (χ4v) is 2.37. The van der Waals surface area contributed by atoms with Crippen molar-refractivity contribution in [2.24, 2.45) is 17.6 Å². The highest BCUT2D eigenvalue weighted by Crippen LogP contribution is 2.16. The molecule has 15 heavy (non-hydrogen) atoms. The van der Waals surface area contributed by atoms with Crippen LogP contribution in [0.2, 0.25) is 0 Å². The second-order valence-corrected chi connectivity index (χ2v) is 5.32. The molecule has 1 atom stereocenters. The monoisotopic (exact) mass is 225 g/mol. The molecule has 3 heteroatoms. The maximum atomic E-state index is 11.9. The third-order valence-electron chi connectivity index (χ3n) is 2.42. The van der Waals surface area contributed by atoms with Gasteiger partial charge in [0.2, 0.25) is 0 Å². The van der Waals surface area contributed by atoms with Gasteiger partial charge in [0.1, 0.15) is 5.78 Å². The Morgan fingerprint density at radius 2 is 2.27 bits per heavy atom. The zero-order valence-electron chi connectivity index (χ0n) is 9.40. The summed E-state index contributed by atoms with van der Waals surface area (Å²) in [4.78, 5) is 13.0. The Hall–Kier alpha value is -0.670. The molecule has 2 nitrogen and oxygen atoms in total. The fraction of sp³-hybridized carbons (Fsp3) is 0.583. The molecule has 1 unspecified atom stereocenters. The van der Waals surface area contributed by atoms with Crippen molar-refractivity contribution in [3.8, 4) is 0 Å². The van der Waals surface area contributed by atoms with E-state index < -0.39 is 0 Å². The van der Waals surface area contributed by atoms with E-state index in [-0.39, 0.29) is 11.7 Å². The van der Waals surface area contributed by atoms with Gasteiger partial charge in [-0.25, -0.2) is 0 Å². The van der Waals surface area contributed by atoms with Crippen LogP contribution in [-0.2, 0) is 11.2 Å². The summed E-state index contributed by atoms with van der Waals surface area (Å²) in [6, 6.07) is 3.98. The van der Waals surface area contributed by atoms with E-state index in [9.17, 15) is 4.79 Å². The van der Waals surface area contributed by atoms with Gasteiger partial charge in [-0.1, -0.05) is 19.9 Å². The Labute approximate surface area is 95.5 Å². The Balaban J connectivity index is 2.50. The van der Waals surface area contributed by atoms with Gasteiger partial charge in [0.25, 0.3) is 0 Å². The summed E-state index contributed by atoms with van der Waals surface area (Å²) in [6.45, 7) is 4.73. The maximum Gasteiger partial charge on any atom is 0.142 e. The standard InChI is InChI=1S/C12H19NOS/c1-9(2)6-10(8-13)12(14)7-11-4-3-5-15-11/h3-5,9-10H,6-8,13H2,1-2H3. The minimum Gasteiger partial charge on any atom is -0.330 e. The molecule has 0 saturated carbocycles. The average molecular weight is 225 g/mol. The van der Waals surface area contributed by atoms with Gasteiger partial charge in [0.15, 0.2) is 0 Å². The van der Waals surface area contributed by atoms with Gasteiger partial charge in [0, 0.05) is 23.8 Å². The Morgan fingerprint density at radius 3 is 2.73 bits per heavy atom. The summed E-state index contributed by atoms with van der Waals surface area (Å²) >= 11 is 1.64. The van der Waals surface area contributed by atoms with Crippen molar-refractivity contribution in [2.75, 3.05) is 6.54 Å².